The van der Waals surface area contributed by atoms with Gasteiger partial charge < -0.3 is 39.5 Å². The van der Waals surface area contributed by atoms with Gasteiger partial charge in [-0.1, -0.05) is 65.5 Å². The number of rotatable bonds is 21. The zero-order chi connectivity index (χ0) is 61.6. The number of hydrogen-bond acceptors (Lipinski definition) is 17. The van der Waals surface area contributed by atoms with Crippen LogP contribution in [-0.4, -0.2) is 169 Å². The summed E-state index contributed by atoms with van der Waals surface area (Å²) < 4.78 is 21.2. The van der Waals surface area contributed by atoms with Crippen LogP contribution in [0.15, 0.2) is 107 Å². The van der Waals surface area contributed by atoms with Gasteiger partial charge in [-0.2, -0.15) is 4.98 Å². The van der Waals surface area contributed by atoms with E-state index in [9.17, 15) is 19.2 Å². The number of piperazine rings is 2. The lowest BCUT2D eigenvalue weighted by Crippen LogP contribution is -2.57. The SMILES string of the molecule is COc1ccc(C2=N[C@H](c3ccc(Cl)cc3)[C@H](c3ccc(Cl)cc3)N2C(=O)N2CCN(CC(=O)NCCOCCn3cc(CN4CCN(c5ccc(Nc6ncc7c(C)c(C(C)=O)c(=O)n(C8CCCC8)c7n6)nc5)CC4)nn3)C(=O)C2)c(OC(C)C)c1. The van der Waals surface area contributed by atoms with E-state index in [1.807, 2.05) is 68.7 Å². The summed E-state index contributed by atoms with van der Waals surface area (Å²) in [6.07, 6.45) is 8.99. The Morgan fingerprint density at radius 2 is 1.58 bits per heavy atom. The molecule has 1 saturated carbocycles. The molecule has 3 aromatic carbocycles. The molecule has 0 bridgehead atoms. The lowest BCUT2D eigenvalue weighted by atomic mass is 9.93. The molecule has 11 rings (SSSR count). The maximum absolute atomic E-state index is 15.1. The maximum atomic E-state index is 15.1. The summed E-state index contributed by atoms with van der Waals surface area (Å²) >= 11 is 12.7. The van der Waals surface area contributed by atoms with Crippen LogP contribution < -0.4 is 30.6 Å². The van der Waals surface area contributed by atoms with Crippen LogP contribution in [0.1, 0.15) is 103 Å². The van der Waals surface area contributed by atoms with Crippen molar-refractivity contribution in [2.24, 2.45) is 4.99 Å². The van der Waals surface area contributed by atoms with Crippen LogP contribution in [-0.2, 0) is 27.4 Å². The van der Waals surface area contributed by atoms with E-state index in [-0.39, 0.29) is 80.2 Å². The second-order valence-electron chi connectivity index (χ2n) is 22.7. The second-order valence-corrected chi connectivity index (χ2v) is 23.6. The molecule has 0 radical (unpaired) electrons. The van der Waals surface area contributed by atoms with Crippen molar-refractivity contribution < 1.29 is 33.4 Å². The van der Waals surface area contributed by atoms with Crippen molar-refractivity contribution in [3.05, 3.63) is 151 Å². The van der Waals surface area contributed by atoms with Crippen molar-refractivity contribution in [3.63, 3.8) is 0 Å². The third kappa shape index (κ3) is 13.8. The van der Waals surface area contributed by atoms with Crippen LogP contribution in [0.4, 0.5) is 22.2 Å². The maximum Gasteiger partial charge on any atom is 0.326 e. The number of aryl methyl sites for hydroxylation is 1. The molecular weight excluding hydrogens is 1170 g/mol. The Hall–Kier alpha value is -8.51. The third-order valence-corrected chi connectivity index (χ3v) is 16.9. The number of hydrogen-bond donors (Lipinski definition) is 2. The number of fused-ring (bicyclic) bond motifs is 1. The van der Waals surface area contributed by atoms with E-state index >= 15 is 4.79 Å². The third-order valence-electron chi connectivity index (χ3n) is 16.4. The van der Waals surface area contributed by atoms with Gasteiger partial charge in [-0.15, -0.1) is 5.10 Å². The van der Waals surface area contributed by atoms with Crippen molar-refractivity contribution >= 4 is 81.2 Å². The highest BCUT2D eigenvalue weighted by Crippen LogP contribution is 2.46. The number of amidine groups is 1. The van der Waals surface area contributed by atoms with Crippen LogP contribution in [0.5, 0.6) is 11.5 Å². The summed E-state index contributed by atoms with van der Waals surface area (Å²) in [5, 5.41) is 16.6. The van der Waals surface area contributed by atoms with Gasteiger partial charge in [0.05, 0.1) is 74.3 Å². The molecule has 2 atom stereocenters. The summed E-state index contributed by atoms with van der Waals surface area (Å²) in [6.45, 7) is 12.1. The van der Waals surface area contributed by atoms with E-state index in [0.717, 1.165) is 74.4 Å². The highest BCUT2D eigenvalue weighted by atomic mass is 35.5. The number of nitrogens with one attached hydrogen (secondary N) is 2. The number of ketones is 1. The highest BCUT2D eigenvalue weighted by Gasteiger charge is 2.46. The summed E-state index contributed by atoms with van der Waals surface area (Å²) in [6, 6.07) is 22.3. The molecule has 3 fully saturated rings. The van der Waals surface area contributed by atoms with Crippen molar-refractivity contribution in [2.75, 3.05) is 89.4 Å². The number of carbonyl (C=O) groups excluding carboxylic acids is 4. The molecule has 4 aliphatic rings. The smallest absolute Gasteiger partial charge is 0.326 e. The first-order valence-electron chi connectivity index (χ1n) is 29.8. The van der Waals surface area contributed by atoms with E-state index in [1.165, 1.54) is 16.7 Å². The molecule has 3 aliphatic heterocycles. The normalized spacial score (nSPS) is 17.5. The number of pyridine rings is 2. The van der Waals surface area contributed by atoms with Crippen molar-refractivity contribution in [2.45, 2.75) is 90.7 Å². The average Bonchev–Trinajstić information content (AvgIpc) is 1.47. The van der Waals surface area contributed by atoms with Gasteiger partial charge in [0, 0.05) is 92.3 Å². The van der Waals surface area contributed by atoms with Crippen molar-refractivity contribution in [1.82, 2.24) is 59.4 Å². The van der Waals surface area contributed by atoms with E-state index < -0.39 is 18.1 Å². The minimum Gasteiger partial charge on any atom is -0.497 e. The van der Waals surface area contributed by atoms with Crippen molar-refractivity contribution in [1.29, 1.82) is 0 Å². The Morgan fingerprint density at radius 1 is 0.841 bits per heavy atom. The van der Waals surface area contributed by atoms with E-state index in [1.54, 1.807) is 70.8 Å². The number of halogens is 2. The van der Waals surface area contributed by atoms with Crippen LogP contribution in [0.25, 0.3) is 11.0 Å². The lowest BCUT2D eigenvalue weighted by molar-refractivity contribution is -0.139. The van der Waals surface area contributed by atoms with Crippen LogP contribution in [0, 0.1) is 6.92 Å². The minimum atomic E-state index is -0.658. The molecule has 0 spiro atoms. The minimum absolute atomic E-state index is 0.0123. The predicted molar refractivity (Wildman–Crippen MR) is 334 cm³/mol. The zero-order valence-corrected chi connectivity index (χ0v) is 51.4. The molecule has 460 valence electrons. The summed E-state index contributed by atoms with van der Waals surface area (Å²) in [4.78, 5) is 96.8. The van der Waals surface area contributed by atoms with E-state index in [4.69, 9.17) is 47.4 Å². The molecule has 2 N–H and O–H groups in total. The molecule has 2 saturated heterocycles. The fraction of sp³-hybridized carbons (Fsp3) is 0.413. The van der Waals surface area contributed by atoms with E-state index in [0.29, 0.717) is 81.0 Å². The number of amides is 4. The largest absolute Gasteiger partial charge is 0.497 e. The topological polar surface area (TPSA) is 240 Å². The average molecular weight is 1240 g/mol. The molecule has 4 aromatic heterocycles. The second kappa shape index (κ2) is 27.3. The number of ether oxygens (including phenoxy) is 3. The van der Waals surface area contributed by atoms with Crippen LogP contribution in [0.2, 0.25) is 10.0 Å². The molecule has 7 aromatic rings. The Balaban J connectivity index is 0.622. The fourth-order valence-corrected chi connectivity index (χ4v) is 12.2. The molecular formula is C63H71Cl2N15O8. The standard InChI is InChI=1S/C63H71Cl2N15O8/c1-39(2)88-52-32-49(86-5)19-20-50(52)59-70-57(42-10-14-44(64)15-11-42)58(43-12-16-45(65)17-13-43)80(59)63(85)77-28-27-76(55(83)38-77)37-54(82)66-22-30-87-31-29-78-36-46(72-73-78)35-74-23-25-75(26-24-74)48-18-21-53(67-33-48)69-62-68-34-51-40(3)56(41(4)81)61(84)79(60(51)71-62)47-8-6-7-9-47/h10-21,32-34,36,39,47,57-58H,6-9,22-31,35,37-38H2,1-5H3,(H,66,82)(H,67,68,69,71)/t57-,58+/m1/s1. The zero-order valence-electron chi connectivity index (χ0n) is 49.9. The number of Topliss-reactive ketones (excluding diaryl/α,β-unsaturated/α-hetero) is 1. The fourth-order valence-electron chi connectivity index (χ4n) is 11.9. The van der Waals surface area contributed by atoms with Gasteiger partial charge in [0.2, 0.25) is 17.8 Å². The Morgan fingerprint density at radius 3 is 2.26 bits per heavy atom. The van der Waals surface area contributed by atoms with Crippen LogP contribution in [0.3, 0.4) is 0 Å². The monoisotopic (exact) mass is 1240 g/mol. The first-order chi connectivity index (χ1) is 42.6. The molecule has 25 heteroatoms. The number of benzene rings is 3. The van der Waals surface area contributed by atoms with E-state index in [2.05, 4.69) is 40.7 Å². The lowest BCUT2D eigenvalue weighted by Gasteiger charge is -2.38. The predicted octanol–water partition coefficient (Wildman–Crippen LogP) is 8.21. The van der Waals surface area contributed by atoms with Crippen molar-refractivity contribution in [3.8, 4) is 11.5 Å². The number of anilines is 3. The molecule has 88 heavy (non-hydrogen) atoms. The first kappa shape index (κ1) is 61.1. The first-order valence-corrected chi connectivity index (χ1v) is 30.5. The molecule has 0 unspecified atom stereocenters. The number of aliphatic imine (C=N–C) groups is 1. The number of carbonyl (C=O) groups is 4. The van der Waals surface area contributed by atoms with Gasteiger partial charge in [0.25, 0.3) is 5.56 Å². The van der Waals surface area contributed by atoms with Gasteiger partial charge in [0.1, 0.15) is 41.4 Å². The van der Waals surface area contributed by atoms with Gasteiger partial charge in [-0.25, -0.2) is 19.4 Å². The number of nitrogens with zero attached hydrogens (tertiary/aromatic N) is 13. The highest BCUT2D eigenvalue weighted by molar-refractivity contribution is 6.30. The summed E-state index contributed by atoms with van der Waals surface area (Å²) in [7, 11) is 1.57. The van der Waals surface area contributed by atoms with Gasteiger partial charge in [-0.3, -0.25) is 38.5 Å². The van der Waals surface area contributed by atoms with Crippen LogP contribution >= 0.6 is 23.2 Å². The molecule has 1 aliphatic carbocycles. The summed E-state index contributed by atoms with van der Waals surface area (Å²) in [5.74, 6) is 1.32. The number of urea groups is 1. The van der Waals surface area contributed by atoms with Gasteiger partial charge in [-0.05, 0) is 106 Å². The Kier molecular flexibility index (Phi) is 18.9. The number of aromatic nitrogens is 7. The Labute approximate surface area is 519 Å². The number of methoxy groups -OCH3 is 1. The molecule has 23 nitrogen and oxygen atoms in total. The molecule has 4 amide bonds. The Bertz CT molecular complexity index is 3770. The van der Waals surface area contributed by atoms with Gasteiger partial charge >= 0.3 is 6.03 Å². The summed E-state index contributed by atoms with van der Waals surface area (Å²) in [5.41, 5.74) is 5.04. The molecule has 7 heterocycles. The quantitative estimate of drug-likeness (QED) is 0.0509. The van der Waals surface area contributed by atoms with Gasteiger partial charge in [0.15, 0.2) is 5.78 Å².